The number of hydrogen-bond donors (Lipinski definition) is 1. The van der Waals surface area contributed by atoms with Gasteiger partial charge in [-0.25, -0.2) is 4.79 Å². The molecule has 0 atom stereocenters. The molecular weight excluding hydrogens is 375 g/mol. The van der Waals surface area contributed by atoms with Crippen LogP contribution in [0.5, 0.6) is 0 Å². The smallest absolute Gasteiger partial charge is 0.292 e. The van der Waals surface area contributed by atoms with Gasteiger partial charge < -0.3 is 0 Å². The molecule has 25 heavy (non-hydrogen) atoms. The fourth-order valence-electron chi connectivity index (χ4n) is 2.60. The van der Waals surface area contributed by atoms with E-state index < -0.39 is 17.8 Å². The van der Waals surface area contributed by atoms with Crippen LogP contribution in [-0.2, 0) is 6.18 Å². The number of amides is 2. The third kappa shape index (κ3) is 3.56. The number of nitrogens with zero attached hydrogens (tertiary/aromatic N) is 2. The van der Waals surface area contributed by atoms with E-state index in [1.165, 1.54) is 9.80 Å². The molecule has 2 aromatic rings. The largest absolute Gasteiger partial charge is 0.416 e. The molecule has 0 aliphatic carbocycles. The summed E-state index contributed by atoms with van der Waals surface area (Å²) in [5.74, 6) is 0. The van der Waals surface area contributed by atoms with Gasteiger partial charge in [-0.1, -0.05) is 11.6 Å². The number of anilines is 2. The molecule has 0 radical (unpaired) electrons. The molecule has 3 rings (SSSR count). The highest BCUT2D eigenvalue weighted by Gasteiger charge is 2.35. The van der Waals surface area contributed by atoms with E-state index in [1.54, 1.807) is 24.3 Å². The Morgan fingerprint density at radius 1 is 1.04 bits per heavy atom. The van der Waals surface area contributed by atoms with Crippen LogP contribution >= 0.6 is 23.5 Å². The number of benzene rings is 2. The second-order valence-electron chi connectivity index (χ2n) is 5.36. The lowest BCUT2D eigenvalue weighted by atomic mass is 10.2. The predicted molar refractivity (Wildman–Crippen MR) is 93.0 cm³/mol. The molecule has 0 saturated carbocycles. The van der Waals surface area contributed by atoms with Crippen molar-refractivity contribution >= 4 is 41.0 Å². The average Bonchev–Trinajstić information content (AvgIpc) is 2.96. The van der Waals surface area contributed by atoms with Gasteiger partial charge in [0.15, 0.2) is 0 Å². The topological polar surface area (TPSA) is 49.6 Å². The van der Waals surface area contributed by atoms with Gasteiger partial charge in [-0.05, 0) is 54.4 Å². The highest BCUT2D eigenvalue weighted by atomic mass is 35.5. The minimum absolute atomic E-state index is 0.0538. The Kier molecular flexibility index (Phi) is 4.86. The Morgan fingerprint density at radius 3 is 2.28 bits per heavy atom. The van der Waals surface area contributed by atoms with Crippen LogP contribution in [0.4, 0.5) is 29.3 Å². The lowest BCUT2D eigenvalue weighted by molar-refractivity contribution is -0.137. The van der Waals surface area contributed by atoms with Gasteiger partial charge in [-0.3, -0.25) is 14.9 Å². The third-order valence-electron chi connectivity index (χ3n) is 3.86. The van der Waals surface area contributed by atoms with Crippen LogP contribution < -0.4 is 14.9 Å². The first-order chi connectivity index (χ1) is 11.8. The van der Waals surface area contributed by atoms with E-state index >= 15 is 0 Å². The zero-order valence-electron chi connectivity index (χ0n) is 12.8. The molecule has 4 nitrogen and oxygen atoms in total. The predicted octanol–water partition coefficient (Wildman–Crippen LogP) is 4.77. The summed E-state index contributed by atoms with van der Waals surface area (Å²) < 4.78 is 38.8. The maximum atomic E-state index is 12.9. The number of alkyl halides is 3. The SMILES string of the molecule is NSc1ccc(N2CCN(c3cc(C(F)(F)F)ccc3Cl)C2=O)cc1. The summed E-state index contributed by atoms with van der Waals surface area (Å²) in [5, 5.41) is 5.56. The summed E-state index contributed by atoms with van der Waals surface area (Å²) in [7, 11) is 0. The van der Waals surface area contributed by atoms with Crippen molar-refractivity contribution in [3.63, 3.8) is 0 Å². The minimum atomic E-state index is -4.50. The van der Waals surface area contributed by atoms with Crippen molar-refractivity contribution in [3.05, 3.63) is 53.1 Å². The molecule has 1 fully saturated rings. The molecule has 132 valence electrons. The quantitative estimate of drug-likeness (QED) is 0.772. The van der Waals surface area contributed by atoms with Crippen molar-refractivity contribution < 1.29 is 18.0 Å². The first-order valence-corrected chi connectivity index (χ1v) is 8.49. The molecule has 2 amide bonds. The minimum Gasteiger partial charge on any atom is -0.292 e. The molecular formula is C16H13ClF3N3OS. The molecule has 0 spiro atoms. The van der Waals surface area contributed by atoms with E-state index in [0.29, 0.717) is 12.2 Å². The second-order valence-corrected chi connectivity index (χ2v) is 6.48. The highest BCUT2D eigenvalue weighted by molar-refractivity contribution is 7.97. The average molecular weight is 388 g/mol. The third-order valence-corrected chi connectivity index (χ3v) is 4.72. The molecule has 1 heterocycles. The van der Waals surface area contributed by atoms with Crippen LogP contribution in [0.3, 0.4) is 0 Å². The van der Waals surface area contributed by atoms with Gasteiger partial charge in [0.1, 0.15) is 0 Å². The van der Waals surface area contributed by atoms with Crippen LogP contribution in [0.25, 0.3) is 0 Å². The first-order valence-electron chi connectivity index (χ1n) is 7.24. The Balaban J connectivity index is 1.89. The van der Waals surface area contributed by atoms with Crippen molar-refractivity contribution in [1.29, 1.82) is 0 Å². The van der Waals surface area contributed by atoms with Crippen molar-refractivity contribution in [2.45, 2.75) is 11.1 Å². The van der Waals surface area contributed by atoms with E-state index in [4.69, 9.17) is 16.7 Å². The van der Waals surface area contributed by atoms with E-state index in [2.05, 4.69) is 0 Å². The number of halogens is 4. The van der Waals surface area contributed by atoms with E-state index in [0.717, 1.165) is 35.0 Å². The van der Waals surface area contributed by atoms with Crippen LogP contribution in [0, 0.1) is 0 Å². The monoisotopic (exact) mass is 387 g/mol. The summed E-state index contributed by atoms with van der Waals surface area (Å²) in [6, 6.07) is 9.55. The maximum Gasteiger partial charge on any atom is 0.416 e. The molecule has 0 aromatic heterocycles. The first kappa shape index (κ1) is 17.9. The van der Waals surface area contributed by atoms with Gasteiger partial charge in [0.05, 0.1) is 16.3 Å². The van der Waals surface area contributed by atoms with Crippen molar-refractivity contribution in [3.8, 4) is 0 Å². The van der Waals surface area contributed by atoms with Gasteiger partial charge in [0.2, 0.25) is 0 Å². The molecule has 1 aliphatic heterocycles. The van der Waals surface area contributed by atoms with Crippen molar-refractivity contribution in [1.82, 2.24) is 0 Å². The van der Waals surface area contributed by atoms with Crippen LogP contribution in [-0.4, -0.2) is 19.1 Å². The number of carbonyl (C=O) groups excluding carboxylic acids is 1. The van der Waals surface area contributed by atoms with Gasteiger partial charge in [0, 0.05) is 23.7 Å². The molecule has 0 unspecified atom stereocenters. The van der Waals surface area contributed by atoms with Crippen LogP contribution in [0.1, 0.15) is 5.56 Å². The summed E-state index contributed by atoms with van der Waals surface area (Å²) in [5.41, 5.74) is -0.144. The Labute approximate surface area is 151 Å². The molecule has 9 heteroatoms. The van der Waals surface area contributed by atoms with Crippen LogP contribution in [0.2, 0.25) is 5.02 Å². The summed E-state index contributed by atoms with van der Waals surface area (Å²) >= 11 is 7.11. The highest BCUT2D eigenvalue weighted by Crippen LogP contribution is 2.37. The van der Waals surface area contributed by atoms with Crippen molar-refractivity contribution in [2.75, 3.05) is 22.9 Å². The summed E-state index contributed by atoms with van der Waals surface area (Å²) in [6.07, 6.45) is -4.50. The number of urea groups is 1. The lowest BCUT2D eigenvalue weighted by Gasteiger charge is -2.21. The molecule has 1 aliphatic rings. The summed E-state index contributed by atoms with van der Waals surface area (Å²) in [4.78, 5) is 16.2. The zero-order valence-corrected chi connectivity index (χ0v) is 14.3. The van der Waals surface area contributed by atoms with E-state index in [-0.39, 0.29) is 17.3 Å². The van der Waals surface area contributed by atoms with Crippen molar-refractivity contribution in [2.24, 2.45) is 5.14 Å². The fourth-order valence-corrected chi connectivity index (χ4v) is 3.11. The molecule has 0 bridgehead atoms. The van der Waals surface area contributed by atoms with E-state index in [9.17, 15) is 18.0 Å². The standard InChI is InChI=1S/C16H13ClF3N3OS/c17-13-6-1-10(16(18,19)20)9-14(13)23-8-7-22(15(23)24)11-2-4-12(25-21)5-3-11/h1-6,9H,7-8,21H2. The number of rotatable bonds is 3. The molecule has 2 N–H and O–H groups in total. The number of carbonyl (C=O) groups is 1. The lowest BCUT2D eigenvalue weighted by Crippen LogP contribution is -2.32. The Hall–Kier alpha value is -1.90. The zero-order chi connectivity index (χ0) is 18.2. The van der Waals surface area contributed by atoms with E-state index in [1.807, 2.05) is 0 Å². The Bertz CT molecular complexity index is 798. The van der Waals surface area contributed by atoms with Gasteiger partial charge in [0.25, 0.3) is 0 Å². The normalized spacial score (nSPS) is 15.2. The Morgan fingerprint density at radius 2 is 1.68 bits per heavy atom. The van der Waals surface area contributed by atoms with Gasteiger partial charge in [-0.15, -0.1) is 0 Å². The fraction of sp³-hybridized carbons (Fsp3) is 0.188. The molecule has 1 saturated heterocycles. The van der Waals surface area contributed by atoms with Gasteiger partial charge in [-0.2, -0.15) is 13.2 Å². The summed E-state index contributed by atoms with van der Waals surface area (Å²) in [6.45, 7) is 0.591. The number of nitrogens with two attached hydrogens (primary N) is 1. The second kappa shape index (κ2) is 6.78. The number of hydrogen-bond acceptors (Lipinski definition) is 3. The molecule has 2 aromatic carbocycles. The van der Waals surface area contributed by atoms with Crippen LogP contribution in [0.15, 0.2) is 47.4 Å². The maximum absolute atomic E-state index is 12.9. The van der Waals surface area contributed by atoms with Gasteiger partial charge >= 0.3 is 12.2 Å².